The van der Waals surface area contributed by atoms with Crippen molar-refractivity contribution < 1.29 is 13.2 Å². The number of ketones is 1. The van der Waals surface area contributed by atoms with Gasteiger partial charge in [0.15, 0.2) is 5.78 Å². The summed E-state index contributed by atoms with van der Waals surface area (Å²) in [6.07, 6.45) is 1.26. The van der Waals surface area contributed by atoms with Crippen LogP contribution in [0.5, 0.6) is 0 Å². The maximum Gasteiger partial charge on any atom is 0.251 e. The Morgan fingerprint density at radius 3 is 2.26 bits per heavy atom. The first-order chi connectivity index (χ1) is 12.7. The first-order valence-electron chi connectivity index (χ1n) is 9.07. The maximum absolute atomic E-state index is 12.7. The third-order valence-electron chi connectivity index (χ3n) is 4.80. The molecule has 0 aliphatic rings. The lowest BCUT2D eigenvalue weighted by molar-refractivity contribution is 0.0969. The molecule has 0 aliphatic carbocycles. The second-order valence-corrected chi connectivity index (χ2v) is 8.31. The van der Waals surface area contributed by atoms with Gasteiger partial charge in [0.1, 0.15) is 0 Å². The van der Waals surface area contributed by atoms with Crippen LogP contribution in [-0.2, 0) is 23.1 Å². The summed E-state index contributed by atoms with van der Waals surface area (Å²) in [6.45, 7) is 10.5. The average molecular weight is 394 g/mol. The molecule has 2 heterocycles. The number of nitrogens with zero attached hydrogens (tertiary/aromatic N) is 3. The number of aryl methyl sites for hydroxylation is 1. The van der Waals surface area contributed by atoms with Crippen LogP contribution in [0, 0.1) is 13.8 Å². The van der Waals surface area contributed by atoms with Crippen molar-refractivity contribution >= 4 is 15.8 Å². The fourth-order valence-electron chi connectivity index (χ4n) is 3.31. The van der Waals surface area contributed by atoms with Gasteiger partial charge < -0.3 is 9.13 Å². The van der Waals surface area contributed by atoms with Gasteiger partial charge in [0.2, 0.25) is 10.0 Å². The summed E-state index contributed by atoms with van der Waals surface area (Å²) in [5.41, 5.74) is 1.97. The van der Waals surface area contributed by atoms with Crippen molar-refractivity contribution in [3.63, 3.8) is 0 Å². The van der Waals surface area contributed by atoms with Crippen molar-refractivity contribution in [3.8, 4) is 0 Å². The van der Waals surface area contributed by atoms with Crippen molar-refractivity contribution in [1.82, 2.24) is 13.4 Å². The van der Waals surface area contributed by atoms with Crippen LogP contribution in [0.4, 0.5) is 0 Å². The lowest BCUT2D eigenvalue weighted by Crippen LogP contribution is -2.32. The van der Waals surface area contributed by atoms with Gasteiger partial charge in [-0.2, -0.15) is 4.31 Å². The number of pyridine rings is 1. The Labute approximate surface area is 160 Å². The minimum Gasteiger partial charge on any atom is -0.349 e. The van der Waals surface area contributed by atoms with E-state index in [0.717, 1.165) is 22.5 Å². The van der Waals surface area contributed by atoms with Gasteiger partial charge >= 0.3 is 0 Å². The predicted octanol–water partition coefficient (Wildman–Crippen LogP) is 2.20. The highest BCUT2D eigenvalue weighted by molar-refractivity contribution is 7.89. The molecule has 0 radical (unpaired) electrons. The minimum atomic E-state index is -3.70. The molecule has 2 aromatic heterocycles. The van der Waals surface area contributed by atoms with Crippen molar-refractivity contribution in [2.75, 3.05) is 13.1 Å². The molecule has 2 aromatic rings. The van der Waals surface area contributed by atoms with Crippen LogP contribution in [0.3, 0.4) is 0 Å². The Balaban J connectivity index is 2.40. The molecule has 0 unspecified atom stereocenters. The number of hydrogen-bond donors (Lipinski definition) is 0. The zero-order chi connectivity index (χ0) is 20.4. The zero-order valence-electron chi connectivity index (χ0n) is 16.5. The van der Waals surface area contributed by atoms with E-state index in [9.17, 15) is 18.0 Å². The number of carbonyl (C=O) groups is 1. The second-order valence-electron chi connectivity index (χ2n) is 6.37. The average Bonchev–Trinajstić information content (AvgIpc) is 2.91. The predicted molar refractivity (Wildman–Crippen MR) is 105 cm³/mol. The van der Waals surface area contributed by atoms with Crippen LogP contribution in [0.15, 0.2) is 34.1 Å². The molecule has 0 saturated carbocycles. The molecule has 0 N–H and O–H groups in total. The summed E-state index contributed by atoms with van der Waals surface area (Å²) in [5, 5.41) is 0. The van der Waals surface area contributed by atoms with E-state index in [-0.39, 0.29) is 17.2 Å². The summed E-state index contributed by atoms with van der Waals surface area (Å²) in [5.74, 6) is -0.220. The van der Waals surface area contributed by atoms with E-state index in [4.69, 9.17) is 0 Å². The van der Waals surface area contributed by atoms with E-state index >= 15 is 0 Å². The number of sulfonamides is 1. The van der Waals surface area contributed by atoms with Crippen LogP contribution in [0.25, 0.3) is 0 Å². The molecular weight excluding hydrogens is 366 g/mol. The number of hydrogen-bond acceptors (Lipinski definition) is 4. The summed E-state index contributed by atoms with van der Waals surface area (Å²) in [7, 11) is -3.70. The third kappa shape index (κ3) is 4.06. The van der Waals surface area contributed by atoms with Crippen molar-refractivity contribution in [3.05, 3.63) is 51.7 Å². The molecule has 0 aliphatic heterocycles. The fourth-order valence-corrected chi connectivity index (χ4v) is 4.79. The second kappa shape index (κ2) is 8.22. The van der Waals surface area contributed by atoms with Crippen LogP contribution in [0.1, 0.15) is 42.5 Å². The van der Waals surface area contributed by atoms with Gasteiger partial charge in [-0.05, 0) is 32.9 Å². The van der Waals surface area contributed by atoms with E-state index in [2.05, 4.69) is 0 Å². The molecule has 0 spiro atoms. The van der Waals surface area contributed by atoms with Crippen LogP contribution in [0.2, 0.25) is 0 Å². The van der Waals surface area contributed by atoms with E-state index in [1.165, 1.54) is 22.6 Å². The smallest absolute Gasteiger partial charge is 0.251 e. The van der Waals surface area contributed by atoms with Gasteiger partial charge in [0, 0.05) is 48.8 Å². The van der Waals surface area contributed by atoms with Gasteiger partial charge in [-0.25, -0.2) is 8.42 Å². The van der Waals surface area contributed by atoms with E-state index < -0.39 is 15.6 Å². The quantitative estimate of drug-likeness (QED) is 0.644. The largest absolute Gasteiger partial charge is 0.349 e. The van der Waals surface area contributed by atoms with Gasteiger partial charge in [-0.1, -0.05) is 13.8 Å². The Kier molecular flexibility index (Phi) is 6.43. The molecule has 0 saturated heterocycles. The molecule has 0 bridgehead atoms. The standard InChI is InChI=1S/C19H27N3O4S/c1-6-21(7-2)27(25,26)16-9-10-19(24)20(12-16)13-18(23)17-11-14(4)22(8-3)15(17)5/h9-12H,6-8,13H2,1-5H3. The minimum absolute atomic E-state index is 0.0117. The molecular formula is C19H27N3O4S. The normalized spacial score (nSPS) is 11.9. The highest BCUT2D eigenvalue weighted by Gasteiger charge is 2.23. The molecule has 148 valence electrons. The first kappa shape index (κ1) is 21.1. The lowest BCUT2D eigenvalue weighted by Gasteiger charge is -2.19. The zero-order valence-corrected chi connectivity index (χ0v) is 17.3. The van der Waals surface area contributed by atoms with E-state index in [1.54, 1.807) is 13.8 Å². The molecule has 2 rings (SSSR count). The van der Waals surface area contributed by atoms with Crippen LogP contribution >= 0.6 is 0 Å². The summed E-state index contributed by atoms with van der Waals surface area (Å²) in [4.78, 5) is 24.9. The summed E-state index contributed by atoms with van der Waals surface area (Å²) >= 11 is 0. The van der Waals surface area contributed by atoms with Crippen molar-refractivity contribution in [2.45, 2.75) is 52.6 Å². The number of aromatic nitrogens is 2. The maximum atomic E-state index is 12.7. The number of rotatable bonds is 8. The number of Topliss-reactive ketones (excluding diaryl/α,β-unsaturated/α-hetero) is 1. The Hall–Kier alpha value is -2.19. The van der Waals surface area contributed by atoms with Gasteiger partial charge in [0.25, 0.3) is 5.56 Å². The molecule has 27 heavy (non-hydrogen) atoms. The van der Waals surface area contributed by atoms with Gasteiger partial charge in [-0.15, -0.1) is 0 Å². The molecule has 0 atom stereocenters. The monoisotopic (exact) mass is 393 g/mol. The van der Waals surface area contributed by atoms with E-state index in [0.29, 0.717) is 18.7 Å². The molecule has 0 aromatic carbocycles. The Morgan fingerprint density at radius 1 is 1.11 bits per heavy atom. The molecule has 8 heteroatoms. The van der Waals surface area contributed by atoms with Crippen LogP contribution < -0.4 is 5.56 Å². The molecule has 0 fully saturated rings. The van der Waals surface area contributed by atoms with Crippen LogP contribution in [-0.4, -0.2) is 40.7 Å². The molecule has 7 nitrogen and oxygen atoms in total. The molecule has 0 amide bonds. The summed E-state index contributed by atoms with van der Waals surface area (Å²) < 4.78 is 29.9. The van der Waals surface area contributed by atoms with Crippen molar-refractivity contribution in [2.24, 2.45) is 0 Å². The fraction of sp³-hybridized carbons (Fsp3) is 0.474. The van der Waals surface area contributed by atoms with Gasteiger partial charge in [-0.3, -0.25) is 9.59 Å². The number of carbonyl (C=O) groups excluding carboxylic acids is 1. The summed E-state index contributed by atoms with van der Waals surface area (Å²) in [6, 6.07) is 4.29. The van der Waals surface area contributed by atoms with Crippen molar-refractivity contribution in [1.29, 1.82) is 0 Å². The Bertz CT molecular complexity index is 998. The third-order valence-corrected chi connectivity index (χ3v) is 6.84. The topological polar surface area (TPSA) is 81.4 Å². The SMILES string of the molecule is CCN(CC)S(=O)(=O)c1ccc(=O)n(CC(=O)c2cc(C)n(CC)c2C)c1. The highest BCUT2D eigenvalue weighted by Crippen LogP contribution is 2.17. The highest BCUT2D eigenvalue weighted by atomic mass is 32.2. The van der Waals surface area contributed by atoms with E-state index in [1.807, 2.05) is 31.4 Å². The first-order valence-corrected chi connectivity index (χ1v) is 10.5. The van der Waals surface area contributed by atoms with Gasteiger partial charge in [0.05, 0.1) is 11.4 Å². The lowest BCUT2D eigenvalue weighted by atomic mass is 10.1. The Morgan fingerprint density at radius 2 is 1.74 bits per heavy atom.